The molecule has 0 atom stereocenters. The Morgan fingerprint density at radius 3 is 2.60 bits per heavy atom. The normalized spacial score (nSPS) is 15.0. The van der Waals surface area contributed by atoms with Gasteiger partial charge in [-0.3, -0.25) is 4.57 Å². The largest absolute Gasteiger partial charge is 0.358 e. The van der Waals surface area contributed by atoms with Crippen molar-refractivity contribution < 1.29 is 0 Å². The van der Waals surface area contributed by atoms with Gasteiger partial charge in [-0.1, -0.05) is 54.6 Å². The average Bonchev–Trinajstić information content (AvgIpc) is 3.13. The number of likely N-dealkylation sites (tertiary alicyclic amines) is 1. The van der Waals surface area contributed by atoms with Crippen LogP contribution in [0.25, 0.3) is 21.8 Å². The fourth-order valence-corrected chi connectivity index (χ4v) is 4.75. The highest BCUT2D eigenvalue weighted by molar-refractivity contribution is 7.80. The molecule has 1 saturated heterocycles. The number of nitrogens with one attached hydrogen (secondary N) is 2. The lowest BCUT2D eigenvalue weighted by atomic mass is 10.0. The Balaban J connectivity index is 1.24. The molecule has 0 aliphatic carbocycles. The first-order chi connectivity index (χ1) is 14.7. The van der Waals surface area contributed by atoms with E-state index in [4.69, 9.17) is 12.2 Å². The van der Waals surface area contributed by atoms with Gasteiger partial charge < -0.3 is 15.2 Å². The lowest BCUT2D eigenvalue weighted by Crippen LogP contribution is -2.45. The zero-order valence-electron chi connectivity index (χ0n) is 16.7. The molecule has 2 N–H and O–H groups in total. The Hall–Kier alpha value is -3.12. The number of rotatable bonds is 3. The van der Waals surface area contributed by atoms with Crippen molar-refractivity contribution in [3.8, 4) is 0 Å². The molecule has 6 heteroatoms. The molecule has 30 heavy (non-hydrogen) atoms. The van der Waals surface area contributed by atoms with Gasteiger partial charge in [-0.2, -0.15) is 0 Å². The molecule has 1 aliphatic rings. The van der Waals surface area contributed by atoms with E-state index in [2.05, 4.69) is 57.7 Å². The number of fused-ring (bicyclic) bond motifs is 2. The highest BCUT2D eigenvalue weighted by Gasteiger charge is 2.24. The van der Waals surface area contributed by atoms with Gasteiger partial charge in [0.25, 0.3) is 0 Å². The number of thiocarbonyl (C=S) groups is 1. The first kappa shape index (κ1) is 18.9. The summed E-state index contributed by atoms with van der Waals surface area (Å²) in [5, 5.41) is 6.72. The average molecular weight is 417 g/mol. The topological polar surface area (TPSA) is 53.1 Å². The van der Waals surface area contributed by atoms with Crippen molar-refractivity contribution in [2.75, 3.05) is 13.1 Å². The minimum absolute atomic E-state index is 0.0219. The van der Waals surface area contributed by atoms with Crippen LogP contribution in [0, 0.1) is 0 Å². The third kappa shape index (κ3) is 3.48. The predicted molar refractivity (Wildman–Crippen MR) is 126 cm³/mol. The number of benzene rings is 3. The number of hydrogen-bond acceptors (Lipinski definition) is 2. The smallest absolute Gasteiger partial charge is 0.326 e. The van der Waals surface area contributed by atoms with Crippen molar-refractivity contribution in [2.45, 2.75) is 25.4 Å². The summed E-state index contributed by atoms with van der Waals surface area (Å²) in [7, 11) is 0. The number of imidazole rings is 1. The third-order valence-electron chi connectivity index (χ3n) is 6.05. The van der Waals surface area contributed by atoms with Gasteiger partial charge in [0.15, 0.2) is 5.11 Å². The number of nitrogens with zero attached hydrogens (tertiary/aromatic N) is 2. The molecule has 0 amide bonds. The molecule has 1 aromatic heterocycles. The molecule has 1 fully saturated rings. The molecule has 0 unspecified atom stereocenters. The van der Waals surface area contributed by atoms with Crippen molar-refractivity contribution >= 4 is 39.1 Å². The van der Waals surface area contributed by atoms with Crippen LogP contribution < -0.4 is 11.0 Å². The van der Waals surface area contributed by atoms with Crippen LogP contribution >= 0.6 is 12.2 Å². The molecule has 2 heterocycles. The van der Waals surface area contributed by atoms with Crippen LogP contribution in [0.15, 0.2) is 71.5 Å². The van der Waals surface area contributed by atoms with Gasteiger partial charge in [-0.25, -0.2) is 4.79 Å². The van der Waals surface area contributed by atoms with Crippen LogP contribution in [0.1, 0.15) is 24.4 Å². The van der Waals surface area contributed by atoms with Gasteiger partial charge in [0.05, 0.1) is 11.0 Å². The van der Waals surface area contributed by atoms with Gasteiger partial charge in [0.1, 0.15) is 0 Å². The molecule has 0 saturated carbocycles. The quantitative estimate of drug-likeness (QED) is 0.492. The highest BCUT2D eigenvalue weighted by atomic mass is 32.1. The summed E-state index contributed by atoms with van der Waals surface area (Å²) >= 11 is 5.68. The zero-order chi connectivity index (χ0) is 20.5. The molecule has 0 bridgehead atoms. The number of hydrogen-bond donors (Lipinski definition) is 2. The molecule has 0 spiro atoms. The molecule has 4 aromatic rings. The Kier molecular flexibility index (Phi) is 5.01. The fourth-order valence-electron chi connectivity index (χ4n) is 4.49. The van der Waals surface area contributed by atoms with Crippen LogP contribution in [0.5, 0.6) is 0 Å². The van der Waals surface area contributed by atoms with Gasteiger partial charge in [0.2, 0.25) is 0 Å². The summed E-state index contributed by atoms with van der Waals surface area (Å²) in [4.78, 5) is 17.7. The summed E-state index contributed by atoms with van der Waals surface area (Å²) < 4.78 is 1.92. The second kappa shape index (κ2) is 7.95. The van der Waals surface area contributed by atoms with Crippen LogP contribution in [-0.4, -0.2) is 32.7 Å². The number of H-pyrrole nitrogens is 1. The maximum Gasteiger partial charge on any atom is 0.326 e. The molecule has 5 nitrogen and oxygen atoms in total. The van der Waals surface area contributed by atoms with E-state index in [1.807, 2.05) is 28.8 Å². The van der Waals surface area contributed by atoms with Crippen molar-refractivity contribution in [3.05, 3.63) is 82.8 Å². The predicted octanol–water partition coefficient (Wildman–Crippen LogP) is 4.19. The van der Waals surface area contributed by atoms with Crippen molar-refractivity contribution in [1.29, 1.82) is 0 Å². The van der Waals surface area contributed by atoms with E-state index in [0.717, 1.165) is 42.1 Å². The minimum Gasteiger partial charge on any atom is -0.358 e. The van der Waals surface area contributed by atoms with E-state index in [1.165, 1.54) is 16.3 Å². The van der Waals surface area contributed by atoms with E-state index in [1.54, 1.807) is 0 Å². The van der Waals surface area contributed by atoms with E-state index >= 15 is 0 Å². The molecule has 5 rings (SSSR count). The summed E-state index contributed by atoms with van der Waals surface area (Å²) in [6.45, 7) is 2.40. The Morgan fingerprint density at radius 2 is 1.73 bits per heavy atom. The molecule has 1 aliphatic heterocycles. The number of aromatic nitrogens is 2. The van der Waals surface area contributed by atoms with E-state index in [9.17, 15) is 4.79 Å². The maximum absolute atomic E-state index is 12.5. The summed E-state index contributed by atoms with van der Waals surface area (Å²) in [5.74, 6) is 0. The van der Waals surface area contributed by atoms with Crippen molar-refractivity contribution in [1.82, 2.24) is 19.8 Å². The second-order valence-corrected chi connectivity index (χ2v) is 8.22. The van der Waals surface area contributed by atoms with Crippen LogP contribution in [0.4, 0.5) is 0 Å². The van der Waals surface area contributed by atoms with Crippen LogP contribution in [0.2, 0.25) is 0 Å². The fraction of sp³-hybridized carbons (Fsp3) is 0.250. The van der Waals surface area contributed by atoms with Gasteiger partial charge in [-0.15, -0.1) is 0 Å². The van der Waals surface area contributed by atoms with Crippen LogP contribution in [-0.2, 0) is 6.54 Å². The second-order valence-electron chi connectivity index (χ2n) is 7.83. The monoisotopic (exact) mass is 416 g/mol. The lowest BCUT2D eigenvalue weighted by molar-refractivity contribution is 0.264. The van der Waals surface area contributed by atoms with E-state index in [-0.39, 0.29) is 11.7 Å². The molecular formula is C24H24N4OS. The molecule has 152 valence electrons. The Labute approximate surface area is 180 Å². The molecular weight excluding hydrogens is 392 g/mol. The summed E-state index contributed by atoms with van der Waals surface area (Å²) in [6.07, 6.45) is 1.80. The zero-order valence-corrected chi connectivity index (χ0v) is 17.5. The van der Waals surface area contributed by atoms with Crippen LogP contribution in [0.3, 0.4) is 0 Å². The number of para-hydroxylation sites is 2. The van der Waals surface area contributed by atoms with E-state index in [0.29, 0.717) is 6.54 Å². The van der Waals surface area contributed by atoms with Gasteiger partial charge in [-0.05, 0) is 53.5 Å². The first-order valence-electron chi connectivity index (χ1n) is 10.4. The number of piperidine rings is 1. The first-order valence-corrected chi connectivity index (χ1v) is 10.8. The minimum atomic E-state index is -0.0219. The third-order valence-corrected chi connectivity index (χ3v) is 6.45. The molecule has 0 radical (unpaired) electrons. The lowest BCUT2D eigenvalue weighted by Gasteiger charge is -2.34. The Morgan fingerprint density at radius 1 is 1.00 bits per heavy atom. The Bertz CT molecular complexity index is 1260. The van der Waals surface area contributed by atoms with Crippen molar-refractivity contribution in [2.24, 2.45) is 0 Å². The number of aromatic amines is 1. The standard InChI is InChI=1S/C24H24N4OS/c29-23-26-21-10-3-4-11-22(21)28(23)19-12-14-27(15-13-19)24(30)25-16-18-8-5-7-17-6-1-2-9-20(17)18/h1-11,19H,12-16H2,(H,25,30)(H,26,29). The van der Waals surface area contributed by atoms with E-state index < -0.39 is 0 Å². The summed E-state index contributed by atoms with van der Waals surface area (Å²) in [5.41, 5.74) is 3.11. The SMILES string of the molecule is O=c1[nH]c2ccccc2n1C1CCN(C(=S)NCc2cccc3ccccc23)CC1. The maximum atomic E-state index is 12.5. The van der Waals surface area contributed by atoms with Crippen molar-refractivity contribution in [3.63, 3.8) is 0 Å². The van der Waals surface area contributed by atoms with Gasteiger partial charge >= 0.3 is 5.69 Å². The highest BCUT2D eigenvalue weighted by Crippen LogP contribution is 2.25. The van der Waals surface area contributed by atoms with Gasteiger partial charge in [0, 0.05) is 25.7 Å². The summed E-state index contributed by atoms with van der Waals surface area (Å²) in [6, 6.07) is 22.9. The molecule has 3 aromatic carbocycles.